The summed E-state index contributed by atoms with van der Waals surface area (Å²) in [4.78, 5) is 4.93. The average Bonchev–Trinajstić information content (AvgIpc) is 2.55. The zero-order valence-electron chi connectivity index (χ0n) is 11.8. The minimum Gasteiger partial charge on any atom is -0.368 e. The lowest BCUT2D eigenvalue weighted by Gasteiger charge is -2.30. The largest absolute Gasteiger partial charge is 0.368 e. The maximum Gasteiger partial charge on any atom is 0.0550 e. The van der Waals surface area contributed by atoms with Gasteiger partial charge in [-0.3, -0.25) is 0 Å². The normalized spacial score (nSPS) is 16.3. The van der Waals surface area contributed by atoms with Crippen LogP contribution < -0.4 is 10.2 Å². The van der Waals surface area contributed by atoms with Gasteiger partial charge in [-0.05, 0) is 42.2 Å². The molecule has 3 heteroatoms. The van der Waals surface area contributed by atoms with Gasteiger partial charge >= 0.3 is 0 Å². The Bertz CT molecular complexity index is 737. The molecule has 4 rings (SSSR count). The molecule has 0 radical (unpaired) electrons. The van der Waals surface area contributed by atoms with Gasteiger partial charge in [-0.15, -0.1) is 0 Å². The van der Waals surface area contributed by atoms with Gasteiger partial charge in [0.2, 0.25) is 0 Å². The van der Waals surface area contributed by atoms with Crippen molar-refractivity contribution < 1.29 is 0 Å². The van der Waals surface area contributed by atoms with Crippen molar-refractivity contribution in [2.45, 2.75) is 15.7 Å². The second-order valence-corrected chi connectivity index (χ2v) is 6.35. The molecule has 2 aliphatic rings. The van der Waals surface area contributed by atoms with Gasteiger partial charge in [-0.1, -0.05) is 42.1 Å². The Balaban J connectivity index is 1.76. The van der Waals surface area contributed by atoms with Crippen LogP contribution in [0.15, 0.2) is 76.8 Å². The fourth-order valence-electron chi connectivity index (χ4n) is 2.83. The fraction of sp³-hybridized carbons (Fsp3) is 0.111. The summed E-state index contributed by atoms with van der Waals surface area (Å²) in [7, 11) is 2.14. The van der Waals surface area contributed by atoms with Crippen LogP contribution in [0.4, 0.5) is 11.4 Å². The Morgan fingerprint density at radius 3 is 2.57 bits per heavy atom. The number of nitrogens with zero attached hydrogens (tertiary/aromatic N) is 1. The van der Waals surface area contributed by atoms with Gasteiger partial charge in [0.05, 0.1) is 11.4 Å². The summed E-state index contributed by atoms with van der Waals surface area (Å²) in [5, 5.41) is 3.09. The van der Waals surface area contributed by atoms with Crippen LogP contribution in [0.2, 0.25) is 0 Å². The summed E-state index contributed by atoms with van der Waals surface area (Å²) in [6.07, 6.45) is 8.37. The van der Waals surface area contributed by atoms with Crippen molar-refractivity contribution in [2.75, 3.05) is 11.9 Å². The Kier molecular flexibility index (Phi) is 3.00. The second-order valence-electron chi connectivity index (χ2n) is 5.27. The smallest absolute Gasteiger partial charge is 0.0550 e. The van der Waals surface area contributed by atoms with Crippen molar-refractivity contribution in [3.63, 3.8) is 0 Å². The molecule has 2 nitrogen and oxygen atoms in total. The lowest BCUT2D eigenvalue weighted by atomic mass is 9.97. The van der Waals surface area contributed by atoms with Crippen molar-refractivity contribution in [3.05, 3.63) is 72.6 Å². The van der Waals surface area contributed by atoms with Crippen LogP contribution in [-0.2, 0) is 0 Å². The van der Waals surface area contributed by atoms with Gasteiger partial charge < -0.3 is 10.2 Å². The SMILES string of the molecule is CN1c2ccccc2Sc2cc(C3C=CNC=C3)ccc21. The minimum absolute atomic E-state index is 0.361. The molecule has 2 aromatic rings. The van der Waals surface area contributed by atoms with Gasteiger partial charge in [-0.25, -0.2) is 0 Å². The summed E-state index contributed by atoms with van der Waals surface area (Å²) < 4.78 is 0. The number of hydrogen-bond donors (Lipinski definition) is 1. The van der Waals surface area contributed by atoms with E-state index in [0.717, 1.165) is 0 Å². The van der Waals surface area contributed by atoms with Crippen LogP contribution >= 0.6 is 11.8 Å². The second kappa shape index (κ2) is 5.01. The highest BCUT2D eigenvalue weighted by atomic mass is 32.2. The van der Waals surface area contributed by atoms with E-state index in [4.69, 9.17) is 0 Å². The van der Waals surface area contributed by atoms with Crippen LogP contribution in [-0.4, -0.2) is 7.05 Å². The lowest BCUT2D eigenvalue weighted by molar-refractivity contribution is 0.984. The first kappa shape index (κ1) is 12.6. The Morgan fingerprint density at radius 1 is 0.952 bits per heavy atom. The molecule has 0 atom stereocenters. The molecule has 0 bridgehead atoms. The molecule has 0 spiro atoms. The van der Waals surface area contributed by atoms with Crippen molar-refractivity contribution in [1.29, 1.82) is 0 Å². The Hall–Kier alpha value is -2.13. The van der Waals surface area contributed by atoms with Gasteiger partial charge in [0.1, 0.15) is 0 Å². The third-order valence-electron chi connectivity index (χ3n) is 3.98. The zero-order valence-corrected chi connectivity index (χ0v) is 12.6. The highest BCUT2D eigenvalue weighted by Gasteiger charge is 2.21. The molecule has 104 valence electrons. The lowest BCUT2D eigenvalue weighted by Crippen LogP contribution is -2.14. The summed E-state index contributed by atoms with van der Waals surface area (Å²) in [5.74, 6) is 0.361. The molecule has 0 fully saturated rings. The number of benzene rings is 2. The van der Waals surface area contributed by atoms with Crippen LogP contribution in [0.5, 0.6) is 0 Å². The molecule has 0 saturated carbocycles. The molecule has 0 aromatic heterocycles. The maximum atomic E-state index is 3.09. The highest BCUT2D eigenvalue weighted by Crippen LogP contribution is 2.48. The van der Waals surface area contributed by atoms with Gasteiger partial charge in [0.25, 0.3) is 0 Å². The first-order chi connectivity index (χ1) is 10.3. The number of anilines is 2. The van der Waals surface area contributed by atoms with E-state index >= 15 is 0 Å². The first-order valence-corrected chi connectivity index (χ1v) is 7.88. The Morgan fingerprint density at radius 2 is 1.71 bits per heavy atom. The predicted octanol–water partition coefficient (Wildman–Crippen LogP) is 4.63. The van der Waals surface area contributed by atoms with E-state index in [1.165, 1.54) is 26.7 Å². The molecular weight excluding hydrogens is 276 g/mol. The number of allylic oxidation sites excluding steroid dienone is 2. The number of hydrogen-bond acceptors (Lipinski definition) is 3. The number of dihydropyridines is 1. The highest BCUT2D eigenvalue weighted by molar-refractivity contribution is 7.99. The molecule has 2 heterocycles. The van der Waals surface area contributed by atoms with E-state index < -0.39 is 0 Å². The van der Waals surface area contributed by atoms with E-state index in [-0.39, 0.29) is 0 Å². The molecule has 2 aliphatic heterocycles. The van der Waals surface area contributed by atoms with Crippen molar-refractivity contribution in [2.24, 2.45) is 0 Å². The predicted molar refractivity (Wildman–Crippen MR) is 89.2 cm³/mol. The van der Waals surface area contributed by atoms with E-state index in [1.54, 1.807) is 0 Å². The molecule has 21 heavy (non-hydrogen) atoms. The number of nitrogens with one attached hydrogen (secondary N) is 1. The monoisotopic (exact) mass is 292 g/mol. The van der Waals surface area contributed by atoms with E-state index in [1.807, 2.05) is 24.2 Å². The van der Waals surface area contributed by atoms with Crippen molar-refractivity contribution in [1.82, 2.24) is 5.32 Å². The fourth-order valence-corrected chi connectivity index (χ4v) is 4.02. The molecule has 0 amide bonds. The minimum atomic E-state index is 0.361. The van der Waals surface area contributed by atoms with Gasteiger partial charge in [0.15, 0.2) is 0 Å². The standard InChI is InChI=1S/C18H16N2S/c1-20-15-4-2-3-5-17(15)21-18-12-14(6-7-16(18)20)13-8-10-19-11-9-13/h2-13,19H,1H3. The van der Waals surface area contributed by atoms with E-state index in [0.29, 0.717) is 5.92 Å². The summed E-state index contributed by atoms with van der Waals surface area (Å²) in [6, 6.07) is 15.4. The number of rotatable bonds is 1. The molecule has 0 aliphatic carbocycles. The maximum absolute atomic E-state index is 3.09. The van der Waals surface area contributed by atoms with E-state index in [2.05, 4.69) is 71.9 Å². The molecule has 0 saturated heterocycles. The van der Waals surface area contributed by atoms with Gasteiger partial charge in [0, 0.05) is 22.8 Å². The summed E-state index contributed by atoms with van der Waals surface area (Å²) >= 11 is 1.86. The van der Waals surface area contributed by atoms with E-state index in [9.17, 15) is 0 Å². The topological polar surface area (TPSA) is 15.3 Å². The van der Waals surface area contributed by atoms with Crippen molar-refractivity contribution in [3.8, 4) is 0 Å². The third kappa shape index (κ3) is 2.14. The average molecular weight is 292 g/mol. The number of fused-ring (bicyclic) bond motifs is 2. The Labute approximate surface area is 129 Å². The molecular formula is C18H16N2S. The van der Waals surface area contributed by atoms with Crippen molar-refractivity contribution >= 4 is 23.1 Å². The van der Waals surface area contributed by atoms with Gasteiger partial charge in [-0.2, -0.15) is 0 Å². The quantitative estimate of drug-likeness (QED) is 0.824. The summed E-state index contributed by atoms with van der Waals surface area (Å²) in [6.45, 7) is 0. The summed E-state index contributed by atoms with van der Waals surface area (Å²) in [5.41, 5.74) is 3.90. The zero-order chi connectivity index (χ0) is 14.2. The van der Waals surface area contributed by atoms with Crippen LogP contribution in [0.3, 0.4) is 0 Å². The van der Waals surface area contributed by atoms with Crippen LogP contribution in [0.1, 0.15) is 11.5 Å². The molecule has 0 unspecified atom stereocenters. The third-order valence-corrected chi connectivity index (χ3v) is 5.09. The molecule has 2 aromatic carbocycles. The molecule has 1 N–H and O–H groups in total. The van der Waals surface area contributed by atoms with Crippen LogP contribution in [0, 0.1) is 0 Å². The first-order valence-electron chi connectivity index (χ1n) is 7.07. The number of para-hydroxylation sites is 1. The van der Waals surface area contributed by atoms with Crippen LogP contribution in [0.25, 0.3) is 0 Å².